The van der Waals surface area contributed by atoms with Crippen LogP contribution in [0.3, 0.4) is 0 Å². The van der Waals surface area contributed by atoms with E-state index in [1.54, 1.807) is 0 Å². The van der Waals surface area contributed by atoms with Crippen molar-refractivity contribution < 1.29 is 9.47 Å². The smallest absolute Gasteiger partial charge is 0.166 e. The second-order valence-electron chi connectivity index (χ2n) is 7.24. The average molecular weight is 354 g/mol. The van der Waals surface area contributed by atoms with E-state index < -0.39 is 5.60 Å². The Kier molecular flexibility index (Phi) is 3.58. The van der Waals surface area contributed by atoms with E-state index in [1.807, 2.05) is 6.21 Å². The number of nitrogens with zero attached hydrogens (tertiary/aromatic N) is 6. The standard InChI is InChI=1S/C18H22N6O2/c1-18(2)17-20-13-15(23-5-8-25-9-6-23)21-14(12-3-4-19-11-12)22-16(13)24(17)7-10-26-18/h3,11H,4-10H2,1-2H3. The summed E-state index contributed by atoms with van der Waals surface area (Å²) in [5.74, 6) is 2.51. The molecule has 26 heavy (non-hydrogen) atoms. The molecular formula is C18H22N6O2. The number of anilines is 1. The number of aromatic nitrogens is 4. The number of ether oxygens (including phenoxy) is 2. The first-order valence-electron chi connectivity index (χ1n) is 9.09. The first-order chi connectivity index (χ1) is 12.6. The number of rotatable bonds is 2. The Balaban J connectivity index is 1.75. The van der Waals surface area contributed by atoms with Crippen molar-refractivity contribution >= 4 is 28.8 Å². The van der Waals surface area contributed by atoms with E-state index in [4.69, 9.17) is 24.4 Å². The number of fused-ring (bicyclic) bond motifs is 3. The van der Waals surface area contributed by atoms with E-state index in [-0.39, 0.29) is 0 Å². The van der Waals surface area contributed by atoms with Crippen LogP contribution in [0.25, 0.3) is 16.7 Å². The van der Waals surface area contributed by atoms with Crippen molar-refractivity contribution in [3.63, 3.8) is 0 Å². The lowest BCUT2D eigenvalue weighted by molar-refractivity contribution is -0.0530. The number of morpholine rings is 1. The summed E-state index contributed by atoms with van der Waals surface area (Å²) in [5, 5.41) is 0. The molecule has 0 unspecified atom stereocenters. The van der Waals surface area contributed by atoms with Gasteiger partial charge in [0, 0.05) is 31.4 Å². The molecule has 0 spiro atoms. The Morgan fingerprint density at radius 2 is 1.88 bits per heavy atom. The van der Waals surface area contributed by atoms with Crippen LogP contribution in [0.2, 0.25) is 0 Å². The minimum absolute atomic E-state index is 0.435. The SMILES string of the molecule is CC1(C)OCCn2c1nc1c(N3CCOCC3)nc(C3=CCN=C3)nc12. The van der Waals surface area contributed by atoms with Gasteiger partial charge in [-0.05, 0) is 13.8 Å². The van der Waals surface area contributed by atoms with Crippen LogP contribution >= 0.6 is 0 Å². The molecule has 0 saturated carbocycles. The highest BCUT2D eigenvalue weighted by Gasteiger charge is 2.34. The minimum Gasteiger partial charge on any atom is -0.378 e. The van der Waals surface area contributed by atoms with Gasteiger partial charge in [0.05, 0.1) is 26.4 Å². The van der Waals surface area contributed by atoms with Crippen LogP contribution in [0.15, 0.2) is 11.1 Å². The third kappa shape index (κ3) is 2.44. The molecule has 3 aliphatic rings. The first-order valence-corrected chi connectivity index (χ1v) is 9.09. The molecule has 0 aromatic carbocycles. The van der Waals surface area contributed by atoms with Gasteiger partial charge >= 0.3 is 0 Å². The lowest BCUT2D eigenvalue weighted by atomic mass is 10.1. The molecule has 8 heteroatoms. The van der Waals surface area contributed by atoms with Gasteiger partial charge in [0.1, 0.15) is 11.4 Å². The summed E-state index contributed by atoms with van der Waals surface area (Å²) in [5.41, 5.74) is 2.27. The predicted octanol–water partition coefficient (Wildman–Crippen LogP) is 1.40. The maximum Gasteiger partial charge on any atom is 0.166 e. The normalized spacial score (nSPS) is 21.9. The van der Waals surface area contributed by atoms with Crippen molar-refractivity contribution in [1.29, 1.82) is 0 Å². The van der Waals surface area contributed by atoms with Gasteiger partial charge in [-0.2, -0.15) is 0 Å². The molecule has 136 valence electrons. The van der Waals surface area contributed by atoms with Crippen molar-refractivity contribution in [3.8, 4) is 0 Å². The Labute approximate surface area is 151 Å². The quantitative estimate of drug-likeness (QED) is 0.811. The zero-order chi connectivity index (χ0) is 17.7. The van der Waals surface area contributed by atoms with Gasteiger partial charge in [0.15, 0.2) is 22.8 Å². The largest absolute Gasteiger partial charge is 0.378 e. The third-order valence-corrected chi connectivity index (χ3v) is 5.11. The van der Waals surface area contributed by atoms with Crippen LogP contribution in [-0.2, 0) is 21.6 Å². The molecule has 2 aromatic rings. The number of allylic oxidation sites excluding steroid dienone is 1. The molecule has 5 heterocycles. The lowest BCUT2D eigenvalue weighted by Gasteiger charge is -2.30. The lowest BCUT2D eigenvalue weighted by Crippen LogP contribution is -2.37. The fourth-order valence-electron chi connectivity index (χ4n) is 3.74. The summed E-state index contributed by atoms with van der Waals surface area (Å²) in [6, 6.07) is 0. The Morgan fingerprint density at radius 3 is 2.65 bits per heavy atom. The highest BCUT2D eigenvalue weighted by atomic mass is 16.5. The zero-order valence-corrected chi connectivity index (χ0v) is 15.1. The van der Waals surface area contributed by atoms with Gasteiger partial charge in [-0.1, -0.05) is 6.08 Å². The maximum atomic E-state index is 5.94. The number of aliphatic imine (C=N–C) groups is 1. The summed E-state index contributed by atoms with van der Waals surface area (Å²) in [6.45, 7) is 9.22. The Bertz CT molecular complexity index is 923. The van der Waals surface area contributed by atoms with Gasteiger partial charge in [-0.3, -0.25) is 4.99 Å². The van der Waals surface area contributed by atoms with Crippen molar-refractivity contribution in [2.45, 2.75) is 26.0 Å². The van der Waals surface area contributed by atoms with E-state index >= 15 is 0 Å². The summed E-state index contributed by atoms with van der Waals surface area (Å²) < 4.78 is 13.6. The van der Waals surface area contributed by atoms with Crippen LogP contribution in [0.4, 0.5) is 5.82 Å². The second kappa shape index (κ2) is 5.85. The van der Waals surface area contributed by atoms with Crippen molar-refractivity contribution in [1.82, 2.24) is 19.5 Å². The summed E-state index contributed by atoms with van der Waals surface area (Å²) in [7, 11) is 0. The molecule has 8 nitrogen and oxygen atoms in total. The van der Waals surface area contributed by atoms with E-state index in [0.29, 0.717) is 32.2 Å². The highest BCUT2D eigenvalue weighted by Crippen LogP contribution is 2.34. The van der Waals surface area contributed by atoms with Gasteiger partial charge in [0.2, 0.25) is 0 Å². The molecule has 0 amide bonds. The molecule has 5 rings (SSSR count). The summed E-state index contributed by atoms with van der Waals surface area (Å²) >= 11 is 0. The predicted molar refractivity (Wildman–Crippen MR) is 98.7 cm³/mol. The fraction of sp³-hybridized carbons (Fsp3) is 0.556. The molecule has 0 bridgehead atoms. The number of imidazole rings is 1. The van der Waals surface area contributed by atoms with Gasteiger partial charge < -0.3 is 18.9 Å². The number of hydrogen-bond acceptors (Lipinski definition) is 7. The van der Waals surface area contributed by atoms with Crippen LogP contribution in [-0.4, -0.2) is 65.2 Å². The summed E-state index contributed by atoms with van der Waals surface area (Å²) in [4.78, 5) is 21.2. The zero-order valence-electron chi connectivity index (χ0n) is 15.1. The van der Waals surface area contributed by atoms with Crippen molar-refractivity contribution in [3.05, 3.63) is 17.7 Å². The number of hydrogen-bond donors (Lipinski definition) is 0. The molecule has 0 atom stereocenters. The van der Waals surface area contributed by atoms with Crippen LogP contribution in [0, 0.1) is 0 Å². The van der Waals surface area contributed by atoms with Crippen molar-refractivity contribution in [2.24, 2.45) is 4.99 Å². The Hall–Kier alpha value is -2.32. The average Bonchev–Trinajstić information content (AvgIpc) is 3.30. The van der Waals surface area contributed by atoms with Crippen molar-refractivity contribution in [2.75, 3.05) is 44.4 Å². The van der Waals surface area contributed by atoms with Crippen LogP contribution in [0.1, 0.15) is 25.5 Å². The molecule has 0 N–H and O–H groups in total. The van der Waals surface area contributed by atoms with E-state index in [0.717, 1.165) is 48.0 Å². The molecule has 0 aliphatic carbocycles. The summed E-state index contributed by atoms with van der Waals surface area (Å²) in [6.07, 6.45) is 3.91. The van der Waals surface area contributed by atoms with Gasteiger partial charge in [-0.15, -0.1) is 0 Å². The second-order valence-corrected chi connectivity index (χ2v) is 7.24. The van der Waals surface area contributed by atoms with E-state index in [9.17, 15) is 0 Å². The Morgan fingerprint density at radius 1 is 1.04 bits per heavy atom. The molecule has 2 aromatic heterocycles. The third-order valence-electron chi connectivity index (χ3n) is 5.11. The minimum atomic E-state index is -0.435. The highest BCUT2D eigenvalue weighted by molar-refractivity contribution is 6.10. The topological polar surface area (TPSA) is 77.7 Å². The molecule has 1 saturated heterocycles. The fourth-order valence-corrected chi connectivity index (χ4v) is 3.74. The monoisotopic (exact) mass is 354 g/mol. The van der Waals surface area contributed by atoms with E-state index in [1.165, 1.54) is 0 Å². The molecule has 0 radical (unpaired) electrons. The molecule has 3 aliphatic heterocycles. The van der Waals surface area contributed by atoms with Gasteiger partial charge in [-0.25, -0.2) is 15.0 Å². The first kappa shape index (κ1) is 15.9. The van der Waals surface area contributed by atoms with Crippen LogP contribution in [0.5, 0.6) is 0 Å². The molecule has 1 fully saturated rings. The van der Waals surface area contributed by atoms with E-state index in [2.05, 4.69) is 34.4 Å². The maximum absolute atomic E-state index is 5.94. The van der Waals surface area contributed by atoms with Gasteiger partial charge in [0.25, 0.3) is 0 Å². The molecular weight excluding hydrogens is 332 g/mol. The van der Waals surface area contributed by atoms with Crippen LogP contribution < -0.4 is 4.90 Å².